The molecule has 0 aliphatic rings. The Morgan fingerprint density at radius 2 is 1.94 bits per heavy atom. The van der Waals surface area contributed by atoms with Crippen LogP contribution in [0.4, 0.5) is 5.69 Å². The van der Waals surface area contributed by atoms with Crippen LogP contribution in [0.5, 0.6) is 0 Å². The van der Waals surface area contributed by atoms with E-state index in [1.165, 1.54) is 29.2 Å². The predicted molar refractivity (Wildman–Crippen MR) is 118 cm³/mol. The molecular weight excluding hydrogens is 443 g/mol. The second kappa shape index (κ2) is 9.72. The van der Waals surface area contributed by atoms with E-state index in [-0.39, 0.29) is 41.0 Å². The molecule has 0 N–H and O–H groups in total. The first-order valence-electron chi connectivity index (χ1n) is 9.26. The maximum absolute atomic E-state index is 12.7. The van der Waals surface area contributed by atoms with Gasteiger partial charge in [0.15, 0.2) is 0 Å². The molecule has 3 aromatic rings. The van der Waals surface area contributed by atoms with Gasteiger partial charge in [-0.15, -0.1) is 10.2 Å². The zero-order valence-corrected chi connectivity index (χ0v) is 18.2. The van der Waals surface area contributed by atoms with E-state index in [1.807, 2.05) is 13.8 Å². The van der Waals surface area contributed by atoms with Crippen molar-refractivity contribution in [3.05, 3.63) is 80.2 Å². The molecule has 1 heterocycles. The maximum Gasteiger partial charge on any atom is 0.288 e. The molecular formula is C21H18Cl2N4O4. The summed E-state index contributed by atoms with van der Waals surface area (Å²) >= 11 is 12.0. The van der Waals surface area contributed by atoms with E-state index in [4.69, 9.17) is 27.6 Å². The quantitative estimate of drug-likeness (QED) is 0.265. The van der Waals surface area contributed by atoms with Crippen LogP contribution in [0, 0.1) is 10.1 Å². The SMILES string of the molecule is CC(C)N(Cc1nnc(-c2ccccc2Cl)o1)C(=O)/C=C/c1ccc(Cl)c([N+](=O)[O-])c1. The topological polar surface area (TPSA) is 102 Å². The van der Waals surface area contributed by atoms with Gasteiger partial charge in [-0.1, -0.05) is 41.4 Å². The highest BCUT2D eigenvalue weighted by atomic mass is 35.5. The number of nitro benzene ring substituents is 1. The minimum Gasteiger partial charge on any atom is -0.419 e. The number of carbonyl (C=O) groups is 1. The van der Waals surface area contributed by atoms with Crippen LogP contribution in [0.15, 0.2) is 53.0 Å². The second-order valence-electron chi connectivity index (χ2n) is 6.84. The molecule has 0 aliphatic heterocycles. The van der Waals surface area contributed by atoms with Crippen molar-refractivity contribution in [2.24, 2.45) is 0 Å². The van der Waals surface area contributed by atoms with Crippen LogP contribution in [0.1, 0.15) is 25.3 Å². The van der Waals surface area contributed by atoms with Gasteiger partial charge in [-0.25, -0.2) is 0 Å². The first-order valence-corrected chi connectivity index (χ1v) is 10.0. The maximum atomic E-state index is 12.7. The Kier molecular flexibility index (Phi) is 7.04. The predicted octanol–water partition coefficient (Wildman–Crippen LogP) is 5.40. The van der Waals surface area contributed by atoms with Crippen molar-refractivity contribution in [1.82, 2.24) is 15.1 Å². The van der Waals surface area contributed by atoms with Crippen LogP contribution in [-0.2, 0) is 11.3 Å². The molecule has 0 radical (unpaired) electrons. The summed E-state index contributed by atoms with van der Waals surface area (Å²) in [5, 5.41) is 19.6. The van der Waals surface area contributed by atoms with Crippen molar-refractivity contribution in [1.29, 1.82) is 0 Å². The third-order valence-electron chi connectivity index (χ3n) is 4.37. The third-order valence-corrected chi connectivity index (χ3v) is 5.02. The van der Waals surface area contributed by atoms with Gasteiger partial charge in [-0.3, -0.25) is 14.9 Å². The zero-order chi connectivity index (χ0) is 22.5. The van der Waals surface area contributed by atoms with E-state index in [0.717, 1.165) is 0 Å². The number of hydrogen-bond acceptors (Lipinski definition) is 6. The number of amides is 1. The lowest BCUT2D eigenvalue weighted by Gasteiger charge is -2.23. The van der Waals surface area contributed by atoms with Crippen molar-refractivity contribution in [2.75, 3.05) is 0 Å². The highest BCUT2D eigenvalue weighted by Crippen LogP contribution is 2.27. The molecule has 160 valence electrons. The molecule has 1 amide bonds. The van der Waals surface area contributed by atoms with Gasteiger partial charge in [-0.2, -0.15) is 0 Å². The van der Waals surface area contributed by atoms with E-state index >= 15 is 0 Å². The van der Waals surface area contributed by atoms with Crippen LogP contribution in [0.2, 0.25) is 10.0 Å². The minimum absolute atomic E-state index is 0.0306. The molecule has 8 nitrogen and oxygen atoms in total. The molecule has 0 spiro atoms. The molecule has 3 rings (SSSR count). The molecule has 0 saturated heterocycles. The van der Waals surface area contributed by atoms with Crippen molar-refractivity contribution in [2.45, 2.75) is 26.4 Å². The average molecular weight is 461 g/mol. The monoisotopic (exact) mass is 460 g/mol. The fraction of sp³-hybridized carbons (Fsp3) is 0.190. The van der Waals surface area contributed by atoms with Crippen LogP contribution < -0.4 is 0 Å². The first-order chi connectivity index (χ1) is 14.8. The van der Waals surface area contributed by atoms with Gasteiger partial charge in [0, 0.05) is 18.2 Å². The third kappa shape index (κ3) is 5.48. The molecule has 0 unspecified atom stereocenters. The van der Waals surface area contributed by atoms with E-state index < -0.39 is 4.92 Å². The normalized spacial score (nSPS) is 11.3. The Morgan fingerprint density at radius 3 is 2.61 bits per heavy atom. The number of nitrogens with zero attached hydrogens (tertiary/aromatic N) is 4. The number of nitro groups is 1. The van der Waals surface area contributed by atoms with Crippen LogP contribution >= 0.6 is 23.2 Å². The summed E-state index contributed by atoms with van der Waals surface area (Å²) in [4.78, 5) is 24.7. The number of carbonyl (C=O) groups excluding carboxylic acids is 1. The molecule has 0 saturated carbocycles. The van der Waals surface area contributed by atoms with Crippen molar-refractivity contribution < 1.29 is 14.1 Å². The Morgan fingerprint density at radius 1 is 1.19 bits per heavy atom. The van der Waals surface area contributed by atoms with E-state index in [9.17, 15) is 14.9 Å². The van der Waals surface area contributed by atoms with Crippen molar-refractivity contribution >= 4 is 40.9 Å². The van der Waals surface area contributed by atoms with Gasteiger partial charge < -0.3 is 9.32 Å². The largest absolute Gasteiger partial charge is 0.419 e. The number of benzene rings is 2. The summed E-state index contributed by atoms with van der Waals surface area (Å²) in [6.45, 7) is 3.80. The fourth-order valence-electron chi connectivity index (χ4n) is 2.76. The van der Waals surface area contributed by atoms with Gasteiger partial charge in [0.2, 0.25) is 17.7 Å². The van der Waals surface area contributed by atoms with E-state index in [1.54, 1.807) is 30.3 Å². The lowest BCUT2D eigenvalue weighted by atomic mass is 10.2. The Hall–Kier alpha value is -3.23. The van der Waals surface area contributed by atoms with Gasteiger partial charge in [0.05, 0.1) is 22.1 Å². The summed E-state index contributed by atoms with van der Waals surface area (Å²) in [7, 11) is 0. The minimum atomic E-state index is -0.575. The fourth-order valence-corrected chi connectivity index (χ4v) is 3.16. The zero-order valence-electron chi connectivity index (χ0n) is 16.7. The first kappa shape index (κ1) is 22.5. The van der Waals surface area contributed by atoms with Crippen molar-refractivity contribution in [3.8, 4) is 11.5 Å². The molecule has 0 atom stereocenters. The molecule has 31 heavy (non-hydrogen) atoms. The second-order valence-corrected chi connectivity index (χ2v) is 7.66. The molecule has 10 heteroatoms. The highest BCUT2D eigenvalue weighted by Gasteiger charge is 2.20. The Bertz CT molecular complexity index is 1140. The Labute approximate surface area is 188 Å². The summed E-state index contributed by atoms with van der Waals surface area (Å²) in [6, 6.07) is 11.2. The molecule has 0 bridgehead atoms. The van der Waals surface area contributed by atoms with Crippen LogP contribution in [-0.4, -0.2) is 32.0 Å². The molecule has 0 aliphatic carbocycles. The van der Waals surface area contributed by atoms with Gasteiger partial charge in [0.25, 0.3) is 5.69 Å². The Balaban J connectivity index is 1.76. The van der Waals surface area contributed by atoms with E-state index in [2.05, 4.69) is 10.2 Å². The van der Waals surface area contributed by atoms with Gasteiger partial charge in [-0.05, 0) is 43.7 Å². The number of aromatic nitrogens is 2. The lowest BCUT2D eigenvalue weighted by Crippen LogP contribution is -2.35. The van der Waals surface area contributed by atoms with Gasteiger partial charge in [0.1, 0.15) is 5.02 Å². The summed E-state index contributed by atoms with van der Waals surface area (Å²) in [6.07, 6.45) is 2.82. The molecule has 2 aromatic carbocycles. The molecule has 1 aromatic heterocycles. The smallest absolute Gasteiger partial charge is 0.288 e. The standard InChI is InChI=1S/C21H18Cl2N4O4/c1-13(2)26(12-19-24-25-21(31-19)15-5-3-4-6-16(15)22)20(28)10-8-14-7-9-17(23)18(11-14)27(29)30/h3-11,13H,12H2,1-2H3/b10-8+. The van der Waals surface area contributed by atoms with E-state index in [0.29, 0.717) is 16.1 Å². The average Bonchev–Trinajstić information content (AvgIpc) is 3.19. The lowest BCUT2D eigenvalue weighted by molar-refractivity contribution is -0.384. The van der Waals surface area contributed by atoms with Crippen LogP contribution in [0.25, 0.3) is 17.5 Å². The number of hydrogen-bond donors (Lipinski definition) is 0. The summed E-state index contributed by atoms with van der Waals surface area (Å²) in [5.74, 6) is 0.207. The van der Waals surface area contributed by atoms with Crippen molar-refractivity contribution in [3.63, 3.8) is 0 Å². The summed E-state index contributed by atoms with van der Waals surface area (Å²) in [5.41, 5.74) is 0.858. The van der Waals surface area contributed by atoms with Crippen LogP contribution in [0.3, 0.4) is 0 Å². The van der Waals surface area contributed by atoms with Gasteiger partial charge >= 0.3 is 0 Å². The number of rotatable bonds is 7. The molecule has 0 fully saturated rings. The number of halogens is 2. The highest BCUT2D eigenvalue weighted by molar-refractivity contribution is 6.33. The summed E-state index contributed by atoms with van der Waals surface area (Å²) < 4.78 is 5.69.